The van der Waals surface area contributed by atoms with E-state index in [1.165, 1.54) is 12.1 Å². The Hall–Kier alpha value is -1.00. The topological polar surface area (TPSA) is 24.9 Å². The fourth-order valence-electron chi connectivity index (χ4n) is 1.58. The first-order valence-corrected chi connectivity index (χ1v) is 6.29. The van der Waals surface area contributed by atoms with Gasteiger partial charge in [0.15, 0.2) is 0 Å². The minimum Gasteiger partial charge on any atom is -0.316 e. The van der Waals surface area contributed by atoms with E-state index in [9.17, 15) is 4.39 Å². The fraction of sp³-hybridized carbons (Fsp3) is 0.417. The van der Waals surface area contributed by atoms with Crippen LogP contribution in [-0.2, 0) is 0 Å². The first kappa shape index (κ1) is 11.5. The summed E-state index contributed by atoms with van der Waals surface area (Å²) in [6.07, 6.45) is 0. The second-order valence-electron chi connectivity index (χ2n) is 3.87. The summed E-state index contributed by atoms with van der Waals surface area (Å²) in [7, 11) is 0. The molecule has 1 N–H and O–H groups in total. The van der Waals surface area contributed by atoms with Crippen LogP contribution in [0.4, 0.5) is 4.39 Å². The number of benzene rings is 1. The van der Waals surface area contributed by atoms with E-state index in [1.54, 1.807) is 17.4 Å². The van der Waals surface area contributed by atoms with Crippen molar-refractivity contribution >= 4 is 21.6 Å². The third-order valence-electron chi connectivity index (χ3n) is 2.49. The van der Waals surface area contributed by atoms with Crippen molar-refractivity contribution in [1.29, 1.82) is 0 Å². The fourth-order valence-corrected chi connectivity index (χ4v) is 2.58. The summed E-state index contributed by atoms with van der Waals surface area (Å²) in [5.74, 6) is 0.157. The molecule has 16 heavy (non-hydrogen) atoms. The smallest absolute Gasteiger partial charge is 0.125 e. The number of nitrogens with zero attached hydrogens (tertiary/aromatic N) is 1. The molecule has 0 aliphatic heterocycles. The van der Waals surface area contributed by atoms with E-state index in [0.717, 1.165) is 28.3 Å². The van der Waals surface area contributed by atoms with Gasteiger partial charge in [-0.1, -0.05) is 13.8 Å². The summed E-state index contributed by atoms with van der Waals surface area (Å²) in [5.41, 5.74) is 0.767. The molecule has 0 radical (unpaired) electrons. The monoisotopic (exact) mass is 238 g/mol. The van der Waals surface area contributed by atoms with Gasteiger partial charge in [0.2, 0.25) is 0 Å². The molecule has 1 heterocycles. The maximum atomic E-state index is 13.0. The van der Waals surface area contributed by atoms with Crippen molar-refractivity contribution in [1.82, 2.24) is 10.3 Å². The van der Waals surface area contributed by atoms with Gasteiger partial charge < -0.3 is 5.32 Å². The molecule has 0 aliphatic carbocycles. The molecule has 4 heteroatoms. The summed E-state index contributed by atoms with van der Waals surface area (Å²) < 4.78 is 14.1. The Kier molecular flexibility index (Phi) is 3.51. The molecule has 1 atom stereocenters. The van der Waals surface area contributed by atoms with Crippen LogP contribution in [0, 0.1) is 5.82 Å². The van der Waals surface area contributed by atoms with Gasteiger partial charge in [-0.25, -0.2) is 9.37 Å². The van der Waals surface area contributed by atoms with Gasteiger partial charge in [0, 0.05) is 18.5 Å². The van der Waals surface area contributed by atoms with Gasteiger partial charge in [-0.15, -0.1) is 11.3 Å². The van der Waals surface area contributed by atoms with Gasteiger partial charge in [-0.3, -0.25) is 0 Å². The Morgan fingerprint density at radius 3 is 3.06 bits per heavy atom. The van der Waals surface area contributed by atoms with Crippen LogP contribution in [0.25, 0.3) is 10.2 Å². The van der Waals surface area contributed by atoms with E-state index in [1.807, 2.05) is 0 Å². The Morgan fingerprint density at radius 2 is 2.31 bits per heavy atom. The van der Waals surface area contributed by atoms with Gasteiger partial charge in [0.05, 0.1) is 15.2 Å². The summed E-state index contributed by atoms with van der Waals surface area (Å²) in [6.45, 7) is 6.10. The van der Waals surface area contributed by atoms with E-state index in [-0.39, 0.29) is 5.82 Å². The molecule has 1 aromatic carbocycles. The standard InChI is InChI=1S/C12H15FN2S/c1-3-14-7-8(2)12-15-10-6-9(13)4-5-11(10)16-12/h4-6,8,14H,3,7H2,1-2H3. The number of aromatic nitrogens is 1. The van der Waals surface area contributed by atoms with Crippen LogP contribution >= 0.6 is 11.3 Å². The SMILES string of the molecule is CCNCC(C)c1nc2cc(F)ccc2s1. The minimum atomic E-state index is -0.219. The first-order chi connectivity index (χ1) is 7.70. The largest absolute Gasteiger partial charge is 0.316 e. The van der Waals surface area contributed by atoms with Crippen LogP contribution in [-0.4, -0.2) is 18.1 Å². The van der Waals surface area contributed by atoms with Gasteiger partial charge >= 0.3 is 0 Å². The van der Waals surface area contributed by atoms with Crippen molar-refractivity contribution < 1.29 is 4.39 Å². The van der Waals surface area contributed by atoms with Crippen LogP contribution < -0.4 is 5.32 Å². The molecule has 2 aromatic rings. The van der Waals surface area contributed by atoms with Gasteiger partial charge in [-0.2, -0.15) is 0 Å². The number of nitrogens with one attached hydrogen (secondary N) is 1. The molecule has 86 valence electrons. The molecule has 0 aliphatic rings. The molecule has 0 bridgehead atoms. The average Bonchev–Trinajstić information content (AvgIpc) is 2.68. The highest BCUT2D eigenvalue weighted by molar-refractivity contribution is 7.18. The Bertz CT molecular complexity index is 481. The predicted octanol–water partition coefficient (Wildman–Crippen LogP) is 3.15. The number of hydrogen-bond acceptors (Lipinski definition) is 3. The lowest BCUT2D eigenvalue weighted by molar-refractivity contribution is 0.628. The van der Waals surface area contributed by atoms with Crippen molar-refractivity contribution in [3.63, 3.8) is 0 Å². The van der Waals surface area contributed by atoms with E-state index < -0.39 is 0 Å². The quantitative estimate of drug-likeness (QED) is 0.885. The lowest BCUT2D eigenvalue weighted by Crippen LogP contribution is -2.19. The molecular weight excluding hydrogens is 223 g/mol. The number of likely N-dealkylation sites (N-methyl/N-ethyl adjacent to an activating group) is 1. The Labute approximate surface area is 98.5 Å². The molecule has 0 amide bonds. The van der Waals surface area contributed by atoms with Gasteiger partial charge in [0.1, 0.15) is 5.82 Å². The maximum absolute atomic E-state index is 13.0. The van der Waals surface area contributed by atoms with E-state index in [2.05, 4.69) is 24.1 Å². The maximum Gasteiger partial charge on any atom is 0.125 e. The predicted molar refractivity (Wildman–Crippen MR) is 66.5 cm³/mol. The third-order valence-corrected chi connectivity index (χ3v) is 3.76. The van der Waals surface area contributed by atoms with Crippen molar-refractivity contribution in [2.24, 2.45) is 0 Å². The lowest BCUT2D eigenvalue weighted by atomic mass is 10.2. The molecule has 1 unspecified atom stereocenters. The molecule has 2 nitrogen and oxygen atoms in total. The van der Waals surface area contributed by atoms with Crippen molar-refractivity contribution in [2.75, 3.05) is 13.1 Å². The van der Waals surface area contributed by atoms with E-state index in [0.29, 0.717) is 5.92 Å². The molecule has 0 fully saturated rings. The first-order valence-electron chi connectivity index (χ1n) is 5.47. The van der Waals surface area contributed by atoms with Gasteiger partial charge in [-0.05, 0) is 18.7 Å². The van der Waals surface area contributed by atoms with E-state index >= 15 is 0 Å². The number of rotatable bonds is 4. The molecule has 0 spiro atoms. The highest BCUT2D eigenvalue weighted by atomic mass is 32.1. The number of halogens is 1. The van der Waals surface area contributed by atoms with Crippen LogP contribution in [0.1, 0.15) is 24.8 Å². The van der Waals surface area contributed by atoms with Gasteiger partial charge in [0.25, 0.3) is 0 Å². The van der Waals surface area contributed by atoms with Crippen LogP contribution in [0.2, 0.25) is 0 Å². The number of fused-ring (bicyclic) bond motifs is 1. The zero-order chi connectivity index (χ0) is 11.5. The highest BCUT2D eigenvalue weighted by Gasteiger charge is 2.11. The number of thiazole rings is 1. The van der Waals surface area contributed by atoms with Crippen LogP contribution in [0.15, 0.2) is 18.2 Å². The zero-order valence-corrected chi connectivity index (χ0v) is 10.3. The second kappa shape index (κ2) is 4.89. The summed E-state index contributed by atoms with van der Waals surface area (Å²) in [5, 5.41) is 4.37. The normalized spacial score (nSPS) is 13.2. The third kappa shape index (κ3) is 2.39. The Morgan fingerprint density at radius 1 is 1.50 bits per heavy atom. The summed E-state index contributed by atoms with van der Waals surface area (Å²) in [6, 6.07) is 4.78. The van der Waals surface area contributed by atoms with Crippen molar-refractivity contribution in [3.05, 3.63) is 29.0 Å². The lowest BCUT2D eigenvalue weighted by Gasteiger charge is -2.07. The second-order valence-corrected chi connectivity index (χ2v) is 4.94. The van der Waals surface area contributed by atoms with Crippen molar-refractivity contribution in [2.45, 2.75) is 19.8 Å². The number of hydrogen-bond donors (Lipinski definition) is 1. The van der Waals surface area contributed by atoms with Crippen LogP contribution in [0.3, 0.4) is 0 Å². The molecular formula is C12H15FN2S. The molecule has 1 aromatic heterocycles. The summed E-state index contributed by atoms with van der Waals surface area (Å²) in [4.78, 5) is 4.46. The molecule has 0 saturated heterocycles. The van der Waals surface area contributed by atoms with Crippen LogP contribution in [0.5, 0.6) is 0 Å². The molecule has 0 saturated carbocycles. The molecule has 2 rings (SSSR count). The van der Waals surface area contributed by atoms with E-state index in [4.69, 9.17) is 0 Å². The average molecular weight is 238 g/mol. The highest BCUT2D eigenvalue weighted by Crippen LogP contribution is 2.27. The zero-order valence-electron chi connectivity index (χ0n) is 9.46. The van der Waals surface area contributed by atoms with Crippen molar-refractivity contribution in [3.8, 4) is 0 Å². The minimum absolute atomic E-state index is 0.219. The Balaban J connectivity index is 2.25. The summed E-state index contributed by atoms with van der Waals surface area (Å²) >= 11 is 1.65.